The van der Waals surface area contributed by atoms with Crippen LogP contribution in [0.1, 0.15) is 12.0 Å². The van der Waals surface area contributed by atoms with Crippen LogP contribution >= 0.6 is 0 Å². The lowest BCUT2D eigenvalue weighted by Gasteiger charge is -2.18. The summed E-state index contributed by atoms with van der Waals surface area (Å²) in [5.74, 6) is 3.21. The van der Waals surface area contributed by atoms with Crippen LogP contribution in [0.15, 0.2) is 61.1 Å². The highest BCUT2D eigenvalue weighted by atomic mass is 35.5. The van der Waals surface area contributed by atoms with Crippen molar-refractivity contribution in [3.05, 3.63) is 66.6 Å². The Morgan fingerprint density at radius 2 is 1.74 bits per heavy atom. The predicted molar refractivity (Wildman–Crippen MR) is 137 cm³/mol. The first-order chi connectivity index (χ1) is 17.6. The van der Waals surface area contributed by atoms with Crippen molar-refractivity contribution >= 4 is 16.5 Å². The van der Waals surface area contributed by atoms with E-state index >= 15 is 0 Å². The van der Waals surface area contributed by atoms with E-state index in [1.165, 1.54) is 22.5 Å². The predicted octanol–water partition coefficient (Wildman–Crippen LogP) is -2.08. The molecule has 9 heteroatoms. The monoisotopic (exact) mass is 555 g/mol. The van der Waals surface area contributed by atoms with Crippen LogP contribution in [0.2, 0.25) is 0 Å². The molecule has 0 atom stereocenters. The number of nitrogens with zero attached hydrogens (tertiary/aromatic N) is 3. The standard InChI is InChI=1S/C29H31N3O4.2ClH/c1-30(2)22-8-11-31(12-9-22)10-4-14-34-29-24-18-32-13-7-21-16-27-28(36-19-35-27)17-23(21)25(32)15-20(24)5-6-26(29)33-3;;/h5-6,8-9,11-12,15-18H,4,7,10,13-14,19H2,1-3H3;2*1H/q+2;;/p-2. The Morgan fingerprint density at radius 3 is 2.47 bits per heavy atom. The first-order valence-corrected chi connectivity index (χ1v) is 12.4. The van der Waals surface area contributed by atoms with Gasteiger partial charge in [0, 0.05) is 50.8 Å². The molecule has 2 aromatic carbocycles. The van der Waals surface area contributed by atoms with Crippen LogP contribution in [-0.2, 0) is 19.5 Å². The Kier molecular flexibility index (Phi) is 8.38. The fourth-order valence-electron chi connectivity index (χ4n) is 5.02. The third-order valence-corrected chi connectivity index (χ3v) is 6.99. The number of ether oxygens (including phenoxy) is 4. The van der Waals surface area contributed by atoms with Gasteiger partial charge >= 0.3 is 0 Å². The van der Waals surface area contributed by atoms with Gasteiger partial charge in [-0.15, -0.1) is 0 Å². The second-order valence-electron chi connectivity index (χ2n) is 9.46. The number of hydrogen-bond acceptors (Lipinski definition) is 5. The minimum absolute atomic E-state index is 0. The zero-order chi connectivity index (χ0) is 24.6. The maximum absolute atomic E-state index is 6.35. The maximum atomic E-state index is 6.35. The zero-order valence-corrected chi connectivity index (χ0v) is 23.3. The molecule has 0 saturated heterocycles. The van der Waals surface area contributed by atoms with Gasteiger partial charge in [0.25, 0.3) is 0 Å². The van der Waals surface area contributed by atoms with Gasteiger partial charge in [-0.1, -0.05) is 0 Å². The maximum Gasteiger partial charge on any atom is 0.231 e. The van der Waals surface area contributed by atoms with Crippen molar-refractivity contribution in [3.63, 3.8) is 0 Å². The molecule has 6 rings (SSSR count). The van der Waals surface area contributed by atoms with Gasteiger partial charge < -0.3 is 48.7 Å². The van der Waals surface area contributed by atoms with E-state index in [9.17, 15) is 0 Å². The number of aromatic nitrogens is 2. The number of halogens is 2. The van der Waals surface area contributed by atoms with Crippen molar-refractivity contribution in [1.82, 2.24) is 0 Å². The molecule has 0 aliphatic carbocycles. The zero-order valence-electron chi connectivity index (χ0n) is 21.7. The quantitative estimate of drug-likeness (QED) is 0.193. The van der Waals surface area contributed by atoms with Crippen molar-refractivity contribution in [1.29, 1.82) is 0 Å². The Morgan fingerprint density at radius 1 is 0.974 bits per heavy atom. The molecule has 0 radical (unpaired) electrons. The third kappa shape index (κ3) is 5.13. The van der Waals surface area contributed by atoms with Gasteiger partial charge in [-0.05, 0) is 35.2 Å². The summed E-state index contributed by atoms with van der Waals surface area (Å²) in [6, 6.07) is 14.8. The number of methoxy groups -OCH3 is 1. The average molecular weight is 556 g/mol. The Bertz CT molecular complexity index is 1440. The van der Waals surface area contributed by atoms with Gasteiger partial charge in [-0.2, -0.15) is 4.57 Å². The highest BCUT2D eigenvalue weighted by Gasteiger charge is 2.28. The molecule has 200 valence electrons. The molecular weight excluding hydrogens is 525 g/mol. The molecule has 0 bridgehead atoms. The molecule has 4 heterocycles. The normalized spacial score (nSPS) is 12.6. The van der Waals surface area contributed by atoms with E-state index in [2.05, 4.69) is 83.1 Å². The molecule has 0 unspecified atom stereocenters. The van der Waals surface area contributed by atoms with Crippen LogP contribution in [0, 0.1) is 0 Å². The van der Waals surface area contributed by atoms with Gasteiger partial charge in [0.05, 0.1) is 24.7 Å². The van der Waals surface area contributed by atoms with E-state index in [1.54, 1.807) is 7.11 Å². The van der Waals surface area contributed by atoms with Gasteiger partial charge in [-0.25, -0.2) is 4.57 Å². The number of pyridine rings is 2. The molecular formula is C29H31Cl2N3O4. The number of anilines is 1. The number of aryl methyl sites for hydroxylation is 3. The lowest BCUT2D eigenvalue weighted by molar-refractivity contribution is -0.697. The number of fused-ring (bicyclic) bond motifs is 5. The molecule has 0 saturated carbocycles. The number of benzene rings is 2. The van der Waals surface area contributed by atoms with Crippen molar-refractivity contribution in [2.45, 2.75) is 25.9 Å². The van der Waals surface area contributed by atoms with E-state index in [-0.39, 0.29) is 31.6 Å². The first-order valence-electron chi connectivity index (χ1n) is 12.4. The molecule has 4 aromatic rings. The van der Waals surface area contributed by atoms with Gasteiger partial charge in [0.2, 0.25) is 12.5 Å². The van der Waals surface area contributed by atoms with Crippen LogP contribution in [0.5, 0.6) is 23.0 Å². The van der Waals surface area contributed by atoms with Crippen LogP contribution in [-0.4, -0.2) is 34.6 Å². The summed E-state index contributed by atoms with van der Waals surface area (Å²) < 4.78 is 27.8. The van der Waals surface area contributed by atoms with E-state index in [1.807, 2.05) is 6.07 Å². The van der Waals surface area contributed by atoms with Crippen molar-refractivity contribution in [3.8, 4) is 34.3 Å². The second-order valence-corrected chi connectivity index (χ2v) is 9.46. The summed E-state index contributed by atoms with van der Waals surface area (Å²) in [6.07, 6.45) is 8.26. The molecule has 2 aromatic heterocycles. The van der Waals surface area contributed by atoms with E-state index < -0.39 is 0 Å². The molecule has 0 N–H and O–H groups in total. The van der Waals surface area contributed by atoms with E-state index in [0.717, 1.165) is 59.7 Å². The van der Waals surface area contributed by atoms with Gasteiger partial charge in [0.15, 0.2) is 54.7 Å². The molecule has 38 heavy (non-hydrogen) atoms. The molecule has 2 aliphatic rings. The third-order valence-electron chi connectivity index (χ3n) is 6.99. The SMILES string of the molecule is COc1ccc2cc3[n+](cc2c1OCCC[n+]1ccc(N(C)C)cc1)CCc1cc2c(cc1-3)OCO2.[Cl-].[Cl-]. The summed E-state index contributed by atoms with van der Waals surface area (Å²) in [7, 11) is 5.80. The fourth-order valence-corrected chi connectivity index (χ4v) is 5.02. The molecule has 0 amide bonds. The minimum Gasteiger partial charge on any atom is -1.00 e. The highest BCUT2D eigenvalue weighted by molar-refractivity contribution is 5.91. The van der Waals surface area contributed by atoms with Crippen LogP contribution in [0.3, 0.4) is 0 Å². The lowest BCUT2D eigenvalue weighted by Crippen LogP contribution is -3.00. The van der Waals surface area contributed by atoms with E-state index in [0.29, 0.717) is 6.61 Å². The Hall–Kier alpha value is -3.42. The topological polar surface area (TPSA) is 47.9 Å². The van der Waals surface area contributed by atoms with Crippen molar-refractivity contribution in [2.24, 2.45) is 0 Å². The van der Waals surface area contributed by atoms with Crippen molar-refractivity contribution < 1.29 is 52.9 Å². The number of hydrogen-bond donors (Lipinski definition) is 0. The minimum atomic E-state index is 0. The summed E-state index contributed by atoms with van der Waals surface area (Å²) in [5, 5.41) is 2.18. The van der Waals surface area contributed by atoms with E-state index in [4.69, 9.17) is 18.9 Å². The highest BCUT2D eigenvalue weighted by Crippen LogP contribution is 2.41. The number of rotatable bonds is 7. The largest absolute Gasteiger partial charge is 1.00 e. The Balaban J connectivity index is 0.00000168. The summed E-state index contributed by atoms with van der Waals surface area (Å²) >= 11 is 0. The second kappa shape index (κ2) is 11.5. The molecule has 2 aliphatic heterocycles. The first kappa shape index (κ1) is 27.6. The summed E-state index contributed by atoms with van der Waals surface area (Å²) in [6.45, 7) is 2.67. The van der Waals surface area contributed by atoms with Crippen LogP contribution < -0.4 is 57.8 Å². The van der Waals surface area contributed by atoms with Crippen molar-refractivity contribution in [2.75, 3.05) is 39.5 Å². The molecule has 7 nitrogen and oxygen atoms in total. The summed E-state index contributed by atoms with van der Waals surface area (Å²) in [4.78, 5) is 2.10. The lowest BCUT2D eigenvalue weighted by atomic mass is 9.95. The average Bonchev–Trinajstić information content (AvgIpc) is 3.36. The van der Waals surface area contributed by atoms with Gasteiger partial charge in [-0.3, -0.25) is 0 Å². The molecule has 0 fully saturated rings. The molecule has 0 spiro atoms. The van der Waals surface area contributed by atoms with Crippen LogP contribution in [0.25, 0.3) is 22.0 Å². The summed E-state index contributed by atoms with van der Waals surface area (Å²) in [5.41, 5.74) is 4.86. The smallest absolute Gasteiger partial charge is 0.231 e. The van der Waals surface area contributed by atoms with Crippen LogP contribution in [0.4, 0.5) is 5.69 Å². The Labute approximate surface area is 235 Å². The fraction of sp³-hybridized carbons (Fsp3) is 0.310. The van der Waals surface area contributed by atoms with Gasteiger partial charge in [0.1, 0.15) is 0 Å².